The molecule has 170 valence electrons. The molecule has 3 aromatic rings. The zero-order valence-corrected chi connectivity index (χ0v) is 18.7. The van der Waals surface area contributed by atoms with Crippen LogP contribution in [0.15, 0.2) is 60.7 Å². The predicted octanol–water partition coefficient (Wildman–Crippen LogP) is 5.94. The number of aryl methyl sites for hydroxylation is 2. The van der Waals surface area contributed by atoms with Gasteiger partial charge in [0.05, 0.1) is 11.4 Å². The summed E-state index contributed by atoms with van der Waals surface area (Å²) >= 11 is 0. The summed E-state index contributed by atoms with van der Waals surface area (Å²) in [6.07, 6.45) is 2.17. The molecule has 1 saturated heterocycles. The zero-order chi connectivity index (χ0) is 23.4. The molecule has 0 spiro atoms. The Hall–Kier alpha value is -3.87. The van der Waals surface area contributed by atoms with Crippen LogP contribution in [0.1, 0.15) is 34.3 Å². The summed E-state index contributed by atoms with van der Waals surface area (Å²) in [5.74, 6) is -0.607. The van der Waals surface area contributed by atoms with Crippen LogP contribution in [0, 0.1) is 19.7 Å². The molecule has 3 amide bonds. The first-order valence-electron chi connectivity index (χ1n) is 11.0. The molecule has 0 aromatic heterocycles. The van der Waals surface area contributed by atoms with Crippen LogP contribution in [-0.2, 0) is 0 Å². The first-order valence-corrected chi connectivity index (χ1v) is 11.0. The number of carbonyl (C=O) groups excluding carboxylic acids is 2. The van der Waals surface area contributed by atoms with Crippen LogP contribution in [0.4, 0.5) is 31.9 Å². The minimum absolute atomic E-state index is 0.224. The van der Waals surface area contributed by atoms with Crippen LogP contribution in [-0.4, -0.2) is 25.0 Å². The Kier molecular flexibility index (Phi) is 6.58. The van der Waals surface area contributed by atoms with Crippen molar-refractivity contribution in [3.8, 4) is 0 Å². The molecule has 3 N–H and O–H groups in total. The van der Waals surface area contributed by atoms with Crippen molar-refractivity contribution >= 4 is 34.7 Å². The largest absolute Gasteiger partial charge is 0.370 e. The van der Waals surface area contributed by atoms with E-state index in [1.807, 2.05) is 37.3 Å². The quantitative estimate of drug-likeness (QED) is 0.454. The Bertz CT molecular complexity index is 1190. The Balaban J connectivity index is 1.55. The standard InChI is InChI=1S/C26H27FN4O2/c1-17-6-5-7-19(14-17)25(32)28-21-10-11-24(31-12-3-4-13-31)23(16-21)30-26(33)29-20-9-8-18(2)22(27)15-20/h5-11,14-16H,3-4,12-13H2,1-2H3,(H,28,32)(H2,29,30,33). The average Bonchev–Trinajstić information content (AvgIpc) is 3.31. The second kappa shape index (κ2) is 9.73. The molecule has 0 unspecified atom stereocenters. The number of halogens is 1. The Morgan fingerprint density at radius 3 is 2.30 bits per heavy atom. The summed E-state index contributed by atoms with van der Waals surface area (Å²) in [7, 11) is 0. The summed E-state index contributed by atoms with van der Waals surface area (Å²) in [4.78, 5) is 27.6. The van der Waals surface area contributed by atoms with E-state index < -0.39 is 6.03 Å². The van der Waals surface area contributed by atoms with Crippen molar-refractivity contribution in [3.05, 3.63) is 83.2 Å². The molecule has 33 heavy (non-hydrogen) atoms. The van der Waals surface area contributed by atoms with E-state index in [4.69, 9.17) is 0 Å². The summed E-state index contributed by atoms with van der Waals surface area (Å²) in [5, 5.41) is 8.44. The van der Waals surface area contributed by atoms with Gasteiger partial charge in [-0.05, 0) is 74.7 Å². The molecule has 0 bridgehead atoms. The van der Waals surface area contributed by atoms with Crippen LogP contribution in [0.5, 0.6) is 0 Å². The molecule has 0 aliphatic carbocycles. The number of hydrogen-bond acceptors (Lipinski definition) is 3. The number of hydrogen-bond donors (Lipinski definition) is 3. The van der Waals surface area contributed by atoms with Crippen molar-refractivity contribution in [1.29, 1.82) is 0 Å². The molecular formula is C26H27FN4O2. The third-order valence-electron chi connectivity index (χ3n) is 5.66. The highest BCUT2D eigenvalue weighted by Crippen LogP contribution is 2.32. The molecule has 0 saturated carbocycles. The lowest BCUT2D eigenvalue weighted by Crippen LogP contribution is -2.24. The Morgan fingerprint density at radius 2 is 1.58 bits per heavy atom. The summed E-state index contributed by atoms with van der Waals surface area (Å²) in [6.45, 7) is 5.39. The lowest BCUT2D eigenvalue weighted by molar-refractivity contribution is 0.102. The fraction of sp³-hybridized carbons (Fsp3) is 0.231. The number of amides is 3. The van der Waals surface area contributed by atoms with Crippen molar-refractivity contribution in [2.45, 2.75) is 26.7 Å². The van der Waals surface area contributed by atoms with E-state index in [9.17, 15) is 14.0 Å². The number of nitrogens with one attached hydrogen (secondary N) is 3. The highest BCUT2D eigenvalue weighted by molar-refractivity contribution is 6.06. The van der Waals surface area contributed by atoms with Gasteiger partial charge in [0.15, 0.2) is 0 Å². The van der Waals surface area contributed by atoms with Crippen molar-refractivity contribution in [2.24, 2.45) is 0 Å². The van der Waals surface area contributed by atoms with Gasteiger partial charge in [-0.25, -0.2) is 9.18 Å². The van der Waals surface area contributed by atoms with Gasteiger partial charge in [-0.2, -0.15) is 0 Å². The second-order valence-corrected chi connectivity index (χ2v) is 8.29. The van der Waals surface area contributed by atoms with Gasteiger partial charge >= 0.3 is 6.03 Å². The van der Waals surface area contributed by atoms with Gasteiger partial charge in [0, 0.05) is 30.0 Å². The summed E-state index contributed by atoms with van der Waals surface area (Å²) < 4.78 is 13.8. The van der Waals surface area contributed by atoms with E-state index in [0.29, 0.717) is 28.2 Å². The van der Waals surface area contributed by atoms with E-state index in [1.165, 1.54) is 6.07 Å². The fourth-order valence-corrected chi connectivity index (χ4v) is 3.89. The van der Waals surface area contributed by atoms with Crippen molar-refractivity contribution in [3.63, 3.8) is 0 Å². The molecule has 1 aliphatic heterocycles. The van der Waals surface area contributed by atoms with Crippen LogP contribution in [0.2, 0.25) is 0 Å². The minimum Gasteiger partial charge on any atom is -0.370 e. The number of carbonyl (C=O) groups is 2. The number of rotatable bonds is 5. The highest BCUT2D eigenvalue weighted by Gasteiger charge is 2.18. The number of urea groups is 1. The predicted molar refractivity (Wildman–Crippen MR) is 131 cm³/mol. The molecule has 7 heteroatoms. The maximum Gasteiger partial charge on any atom is 0.323 e. The van der Waals surface area contributed by atoms with Gasteiger partial charge in [0.25, 0.3) is 5.91 Å². The van der Waals surface area contributed by atoms with Gasteiger partial charge in [-0.1, -0.05) is 23.8 Å². The maximum absolute atomic E-state index is 13.8. The smallest absolute Gasteiger partial charge is 0.323 e. The van der Waals surface area contributed by atoms with Gasteiger partial charge in [-0.3, -0.25) is 4.79 Å². The zero-order valence-electron chi connectivity index (χ0n) is 18.7. The van der Waals surface area contributed by atoms with Gasteiger partial charge in [0.1, 0.15) is 5.82 Å². The number of benzene rings is 3. The average molecular weight is 447 g/mol. The third-order valence-corrected chi connectivity index (χ3v) is 5.66. The highest BCUT2D eigenvalue weighted by atomic mass is 19.1. The maximum atomic E-state index is 13.8. The molecule has 3 aromatic carbocycles. The van der Waals surface area contributed by atoms with Gasteiger partial charge in [0.2, 0.25) is 0 Å². The first kappa shape index (κ1) is 22.3. The van der Waals surface area contributed by atoms with E-state index >= 15 is 0 Å². The lowest BCUT2D eigenvalue weighted by Gasteiger charge is -2.22. The van der Waals surface area contributed by atoms with E-state index in [-0.39, 0.29) is 11.7 Å². The van der Waals surface area contributed by atoms with Crippen molar-refractivity contribution in [2.75, 3.05) is 33.9 Å². The molecule has 0 radical (unpaired) electrons. The Morgan fingerprint density at radius 1 is 0.848 bits per heavy atom. The monoisotopic (exact) mass is 446 g/mol. The third kappa shape index (κ3) is 5.49. The molecule has 1 fully saturated rings. The van der Waals surface area contributed by atoms with E-state index in [2.05, 4.69) is 20.9 Å². The molecule has 6 nitrogen and oxygen atoms in total. The van der Waals surface area contributed by atoms with Crippen molar-refractivity contribution < 1.29 is 14.0 Å². The van der Waals surface area contributed by atoms with Crippen LogP contribution in [0.25, 0.3) is 0 Å². The molecule has 1 heterocycles. The topological polar surface area (TPSA) is 73.5 Å². The van der Waals surface area contributed by atoms with Crippen LogP contribution >= 0.6 is 0 Å². The lowest BCUT2D eigenvalue weighted by atomic mass is 10.1. The van der Waals surface area contributed by atoms with Gasteiger partial charge in [-0.15, -0.1) is 0 Å². The number of nitrogens with zero attached hydrogens (tertiary/aromatic N) is 1. The minimum atomic E-state index is -0.485. The van der Waals surface area contributed by atoms with E-state index in [0.717, 1.165) is 37.2 Å². The van der Waals surface area contributed by atoms with Crippen molar-refractivity contribution in [1.82, 2.24) is 0 Å². The molecular weight excluding hydrogens is 419 g/mol. The normalized spacial score (nSPS) is 13.0. The summed E-state index contributed by atoms with van der Waals surface area (Å²) in [5.41, 5.74) is 4.46. The molecule has 4 rings (SSSR count). The fourth-order valence-electron chi connectivity index (χ4n) is 3.89. The SMILES string of the molecule is Cc1cccc(C(=O)Nc2ccc(N3CCCC3)c(NC(=O)Nc3ccc(C)c(F)c3)c2)c1. The van der Waals surface area contributed by atoms with Crippen LogP contribution in [0.3, 0.4) is 0 Å². The van der Waals surface area contributed by atoms with Crippen LogP contribution < -0.4 is 20.9 Å². The second-order valence-electron chi connectivity index (χ2n) is 8.29. The van der Waals surface area contributed by atoms with E-state index in [1.54, 1.807) is 31.2 Å². The number of anilines is 4. The first-order chi connectivity index (χ1) is 15.9. The Labute approximate surface area is 192 Å². The molecule has 0 atom stereocenters. The molecule has 1 aliphatic rings. The van der Waals surface area contributed by atoms with Gasteiger partial charge < -0.3 is 20.9 Å². The summed E-state index contributed by atoms with van der Waals surface area (Å²) in [6, 6.07) is 16.9.